The Kier molecular flexibility index (Phi) is 16.9. The molecule has 0 aromatic carbocycles. The summed E-state index contributed by atoms with van der Waals surface area (Å²) < 4.78 is 75.7. The highest BCUT2D eigenvalue weighted by Crippen LogP contribution is 2.36. The van der Waals surface area contributed by atoms with Gasteiger partial charge in [0.05, 0.1) is 34.5 Å². The van der Waals surface area contributed by atoms with Crippen molar-refractivity contribution in [2.24, 2.45) is 5.41 Å². The first-order valence-electron chi connectivity index (χ1n) is 12.3. The molecule has 0 amide bonds. The predicted octanol–water partition coefficient (Wildman–Crippen LogP) is 5.19. The Hall–Kier alpha value is -1.71. The summed E-state index contributed by atoms with van der Waals surface area (Å²) in [6, 6.07) is 0. The lowest BCUT2D eigenvalue weighted by Crippen LogP contribution is -2.30. The number of allylic oxidation sites excluding steroid dienone is 9. The van der Waals surface area contributed by atoms with Crippen molar-refractivity contribution in [1.29, 1.82) is 0 Å². The van der Waals surface area contributed by atoms with Gasteiger partial charge in [0.2, 0.25) is 0 Å². The van der Waals surface area contributed by atoms with Gasteiger partial charge in [0.15, 0.2) is 29.5 Å². The Morgan fingerprint density at radius 3 is 1.00 bits per heavy atom. The average molecular weight is 561 g/mol. The minimum absolute atomic E-state index is 0.112. The Balaban J connectivity index is 5.66. The molecule has 0 fully saturated rings. The lowest BCUT2D eigenvalue weighted by molar-refractivity contribution is 0.243. The van der Waals surface area contributed by atoms with Crippen LogP contribution in [0.4, 0.5) is 0 Å². The van der Waals surface area contributed by atoms with Crippen molar-refractivity contribution in [2.45, 2.75) is 53.4 Å². The zero-order valence-electron chi connectivity index (χ0n) is 22.2. The second-order valence-electron chi connectivity index (χ2n) is 8.81. The highest BCUT2D eigenvalue weighted by Gasteiger charge is 2.32. The van der Waals surface area contributed by atoms with E-state index in [1.807, 2.05) is 27.7 Å². The van der Waals surface area contributed by atoms with Gasteiger partial charge in [0.1, 0.15) is 0 Å². The number of hydrogen-bond acceptors (Lipinski definition) is 6. The topological polar surface area (TPSA) is 102 Å². The summed E-state index contributed by atoms with van der Waals surface area (Å²) in [5.74, 6) is -0.700. The first-order valence-corrected chi connectivity index (χ1v) is 17.8. The molecule has 0 spiro atoms. The van der Waals surface area contributed by atoms with E-state index in [0.717, 1.165) is 0 Å². The van der Waals surface area contributed by atoms with Gasteiger partial charge in [-0.1, -0.05) is 86.3 Å². The molecular formula is C27H44O6S3. The fraction of sp³-hybridized carbons (Fsp3) is 0.556. The van der Waals surface area contributed by atoms with Crippen LogP contribution >= 0.6 is 0 Å². The molecule has 0 heterocycles. The number of sulfone groups is 3. The summed E-state index contributed by atoms with van der Waals surface area (Å²) in [4.78, 5) is 0. The van der Waals surface area contributed by atoms with Crippen LogP contribution < -0.4 is 0 Å². The first-order chi connectivity index (χ1) is 16.9. The molecule has 0 aliphatic carbocycles. The van der Waals surface area contributed by atoms with Crippen molar-refractivity contribution < 1.29 is 25.3 Å². The maximum absolute atomic E-state index is 12.6. The summed E-state index contributed by atoms with van der Waals surface area (Å²) in [6.07, 6.45) is 21.5. The van der Waals surface area contributed by atoms with E-state index in [2.05, 4.69) is 0 Å². The largest absolute Gasteiger partial charge is 0.229 e. The fourth-order valence-corrected chi connectivity index (χ4v) is 7.39. The zero-order chi connectivity index (χ0) is 27.6. The van der Waals surface area contributed by atoms with Crippen LogP contribution in [0.15, 0.2) is 72.9 Å². The van der Waals surface area contributed by atoms with Crippen molar-refractivity contribution in [3.63, 3.8) is 0 Å². The van der Waals surface area contributed by atoms with Gasteiger partial charge in [-0.2, -0.15) is 0 Å². The highest BCUT2D eigenvalue weighted by atomic mass is 32.2. The minimum atomic E-state index is -3.41. The summed E-state index contributed by atoms with van der Waals surface area (Å²) >= 11 is 0. The molecule has 0 aliphatic heterocycles. The van der Waals surface area contributed by atoms with Gasteiger partial charge in [-0.15, -0.1) is 0 Å². The SMILES string of the molecule is CC=CC=CCS(=O)(=O)CCC(CC)(CCS(=O)(=O)CC=CC=CC)CCS(=O)(=O)CC=CC=CC. The van der Waals surface area contributed by atoms with Crippen molar-refractivity contribution in [2.75, 3.05) is 34.5 Å². The normalized spacial score (nSPS) is 16.0. The van der Waals surface area contributed by atoms with E-state index in [1.54, 1.807) is 72.9 Å². The second kappa shape index (κ2) is 17.7. The monoisotopic (exact) mass is 560 g/mol. The third-order valence-electron chi connectivity index (χ3n) is 5.95. The number of rotatable bonds is 19. The molecule has 0 atom stereocenters. The van der Waals surface area contributed by atoms with Crippen molar-refractivity contribution in [3.05, 3.63) is 72.9 Å². The summed E-state index contributed by atoms with van der Waals surface area (Å²) in [5.41, 5.74) is -0.708. The molecule has 9 heteroatoms. The average Bonchev–Trinajstić information content (AvgIpc) is 2.82. The number of hydrogen-bond donors (Lipinski definition) is 0. The van der Waals surface area contributed by atoms with Crippen LogP contribution in [0.5, 0.6) is 0 Å². The van der Waals surface area contributed by atoms with E-state index >= 15 is 0 Å². The maximum atomic E-state index is 12.6. The van der Waals surface area contributed by atoms with Gasteiger partial charge in [-0.05, 0) is 45.4 Å². The van der Waals surface area contributed by atoms with Crippen LogP contribution in [0.25, 0.3) is 0 Å². The van der Waals surface area contributed by atoms with Crippen LogP contribution in [-0.4, -0.2) is 59.8 Å². The van der Waals surface area contributed by atoms with Gasteiger partial charge >= 0.3 is 0 Å². The van der Waals surface area contributed by atoms with Crippen LogP contribution in [0.1, 0.15) is 53.4 Å². The predicted molar refractivity (Wildman–Crippen MR) is 154 cm³/mol. The van der Waals surface area contributed by atoms with Gasteiger partial charge in [0, 0.05) is 0 Å². The molecule has 206 valence electrons. The van der Waals surface area contributed by atoms with Crippen molar-refractivity contribution in [1.82, 2.24) is 0 Å². The molecule has 0 bridgehead atoms. The molecule has 0 saturated heterocycles. The van der Waals surface area contributed by atoms with Crippen molar-refractivity contribution >= 4 is 29.5 Å². The third-order valence-corrected chi connectivity index (χ3v) is 10.5. The summed E-state index contributed by atoms with van der Waals surface area (Å²) in [6.45, 7) is 7.38. The molecule has 0 rings (SSSR count). The van der Waals surface area contributed by atoms with E-state index in [4.69, 9.17) is 0 Å². The molecule has 0 radical (unpaired) electrons. The zero-order valence-corrected chi connectivity index (χ0v) is 24.6. The molecule has 0 aromatic heterocycles. The molecule has 0 saturated carbocycles. The molecule has 6 nitrogen and oxygen atoms in total. The molecule has 0 unspecified atom stereocenters. The van der Waals surface area contributed by atoms with E-state index < -0.39 is 34.9 Å². The second-order valence-corrected chi connectivity index (χ2v) is 15.5. The fourth-order valence-electron chi connectivity index (χ4n) is 3.45. The molecule has 36 heavy (non-hydrogen) atoms. The maximum Gasteiger partial charge on any atom is 0.153 e. The first kappa shape index (κ1) is 34.3. The molecule has 0 aliphatic rings. The lowest BCUT2D eigenvalue weighted by atomic mass is 9.77. The van der Waals surface area contributed by atoms with Gasteiger partial charge in [-0.3, -0.25) is 0 Å². The quantitative estimate of drug-likeness (QED) is 0.201. The van der Waals surface area contributed by atoms with Crippen LogP contribution in [-0.2, 0) is 29.5 Å². The standard InChI is InChI=1S/C27H44O6S3/c1-5-9-12-15-21-34(28,29)24-18-27(8-4,19-25-35(30,31)22-16-13-10-6-2)20-26-36(32,33)23-17-14-11-7-3/h5-7,9-17H,8,18-26H2,1-4H3. The smallest absolute Gasteiger partial charge is 0.153 e. The third kappa shape index (κ3) is 16.9. The Labute approximate surface area is 220 Å². The van der Waals surface area contributed by atoms with Gasteiger partial charge in [0.25, 0.3) is 0 Å². The highest BCUT2D eigenvalue weighted by molar-refractivity contribution is 7.92. The summed E-state index contributed by atoms with van der Waals surface area (Å²) in [7, 11) is -10.2. The Morgan fingerprint density at radius 2 is 0.778 bits per heavy atom. The van der Waals surface area contributed by atoms with E-state index in [-0.39, 0.29) is 53.8 Å². The molecule has 0 N–H and O–H groups in total. The van der Waals surface area contributed by atoms with E-state index in [1.165, 1.54) is 0 Å². The van der Waals surface area contributed by atoms with Crippen LogP contribution in [0.2, 0.25) is 0 Å². The van der Waals surface area contributed by atoms with Gasteiger partial charge < -0.3 is 0 Å². The van der Waals surface area contributed by atoms with E-state index in [0.29, 0.717) is 6.42 Å². The lowest BCUT2D eigenvalue weighted by Gasteiger charge is -2.33. The van der Waals surface area contributed by atoms with Crippen LogP contribution in [0, 0.1) is 5.41 Å². The Morgan fingerprint density at radius 1 is 0.500 bits per heavy atom. The van der Waals surface area contributed by atoms with E-state index in [9.17, 15) is 25.3 Å². The Bertz CT molecular complexity index is 977. The molecular weight excluding hydrogens is 516 g/mol. The van der Waals surface area contributed by atoms with Gasteiger partial charge in [-0.25, -0.2) is 25.3 Å². The molecule has 0 aromatic rings. The van der Waals surface area contributed by atoms with Crippen molar-refractivity contribution in [3.8, 4) is 0 Å². The summed E-state index contributed by atoms with van der Waals surface area (Å²) in [5, 5.41) is 0. The van der Waals surface area contributed by atoms with Crippen LogP contribution in [0.3, 0.4) is 0 Å². The minimum Gasteiger partial charge on any atom is -0.229 e.